The molecule has 0 unspecified atom stereocenters. The lowest BCUT2D eigenvalue weighted by molar-refractivity contribution is -0.130. The molecule has 0 radical (unpaired) electrons. The van der Waals surface area contributed by atoms with Crippen LogP contribution in [0.25, 0.3) is 0 Å². The van der Waals surface area contributed by atoms with E-state index in [1.807, 2.05) is 71.0 Å². The highest BCUT2D eigenvalue weighted by atomic mass is 79.9. The molecule has 0 aliphatic heterocycles. The minimum atomic E-state index is -0.719. The van der Waals surface area contributed by atoms with Gasteiger partial charge >= 0.3 is 0 Å². The van der Waals surface area contributed by atoms with E-state index in [1.54, 1.807) is 6.07 Å². The van der Waals surface area contributed by atoms with Gasteiger partial charge in [-0.3, -0.25) is 9.59 Å². The molecule has 2 aromatic rings. The van der Waals surface area contributed by atoms with E-state index in [4.69, 9.17) is 9.47 Å². The Morgan fingerprint density at radius 3 is 2.45 bits per heavy atom. The van der Waals surface area contributed by atoms with Crippen LogP contribution in [0.2, 0.25) is 0 Å². The van der Waals surface area contributed by atoms with Gasteiger partial charge < -0.3 is 14.8 Å². The van der Waals surface area contributed by atoms with E-state index < -0.39 is 6.04 Å². The highest BCUT2D eigenvalue weighted by molar-refractivity contribution is 9.10. The molecule has 33 heavy (non-hydrogen) atoms. The van der Waals surface area contributed by atoms with Gasteiger partial charge in [0.05, 0.1) is 16.8 Å². The Hall–Kier alpha value is -2.87. The molecule has 2 N–H and O–H groups in total. The summed E-state index contributed by atoms with van der Waals surface area (Å²) in [5.41, 5.74) is 4.24. The molecule has 0 bridgehead atoms. The number of carbonyl (C=O) groups is 2. The van der Waals surface area contributed by atoms with E-state index in [9.17, 15) is 9.59 Å². The summed E-state index contributed by atoms with van der Waals surface area (Å²) >= 11 is 3.48. The number of amides is 2. The Kier molecular flexibility index (Phi) is 10.4. The maximum absolute atomic E-state index is 12.7. The number of hydrogen-bond acceptors (Lipinski definition) is 5. The highest BCUT2D eigenvalue weighted by Gasteiger charge is 2.22. The van der Waals surface area contributed by atoms with Gasteiger partial charge in [0.2, 0.25) is 0 Å². The van der Waals surface area contributed by atoms with Gasteiger partial charge in [0.15, 0.2) is 6.61 Å². The third-order valence-electron chi connectivity index (χ3n) is 4.52. The first-order valence-electron chi connectivity index (χ1n) is 10.9. The van der Waals surface area contributed by atoms with Gasteiger partial charge in [0.25, 0.3) is 11.8 Å². The maximum Gasteiger partial charge on any atom is 0.262 e. The number of ether oxygens (including phenoxy) is 2. The Morgan fingerprint density at radius 1 is 1.09 bits per heavy atom. The van der Waals surface area contributed by atoms with Crippen LogP contribution in [0.15, 0.2) is 52.0 Å². The van der Waals surface area contributed by atoms with Crippen LogP contribution in [0, 0.1) is 12.8 Å². The number of benzene rings is 2. The fraction of sp³-hybridized carbons (Fsp3) is 0.400. The average molecular weight is 518 g/mol. The smallest absolute Gasteiger partial charge is 0.262 e. The molecule has 7 nitrogen and oxygen atoms in total. The summed E-state index contributed by atoms with van der Waals surface area (Å²) in [5, 5.41) is 6.79. The standard InChI is InChI=1S/C25H32BrN3O4/c1-16(2)12-21(28-24(30)15-32-22-9-7-6-8-18(22)5)25(31)29-27-14-19-10-11-23(20(26)13-19)33-17(3)4/h6-11,13-14,16-17,21H,12,15H2,1-5H3,(H,28,30)(H,29,31)/b27-14-/t21-/m0/s1. The monoisotopic (exact) mass is 517 g/mol. The van der Waals surface area contributed by atoms with E-state index >= 15 is 0 Å². The average Bonchev–Trinajstić information content (AvgIpc) is 2.74. The Balaban J connectivity index is 1.94. The zero-order valence-electron chi connectivity index (χ0n) is 19.7. The molecule has 0 fully saturated rings. The lowest BCUT2D eigenvalue weighted by Gasteiger charge is -2.19. The van der Waals surface area contributed by atoms with Crippen molar-refractivity contribution in [2.24, 2.45) is 11.0 Å². The third-order valence-corrected chi connectivity index (χ3v) is 5.14. The first-order chi connectivity index (χ1) is 15.7. The van der Waals surface area contributed by atoms with Gasteiger partial charge in [-0.2, -0.15) is 5.10 Å². The summed E-state index contributed by atoms with van der Waals surface area (Å²) in [4.78, 5) is 25.1. The first kappa shape index (κ1) is 26.4. The molecule has 0 aliphatic rings. The number of para-hydroxylation sites is 1. The lowest BCUT2D eigenvalue weighted by Crippen LogP contribution is -2.47. The van der Waals surface area contributed by atoms with Crippen LogP contribution in [0.3, 0.4) is 0 Å². The molecule has 2 aromatic carbocycles. The fourth-order valence-corrected chi connectivity index (χ4v) is 3.49. The number of halogens is 1. The van der Waals surface area contributed by atoms with Crippen LogP contribution in [0.4, 0.5) is 0 Å². The molecular weight excluding hydrogens is 486 g/mol. The minimum Gasteiger partial charge on any atom is -0.490 e. The summed E-state index contributed by atoms with van der Waals surface area (Å²) in [6.07, 6.45) is 2.08. The van der Waals surface area contributed by atoms with Gasteiger partial charge in [0, 0.05) is 0 Å². The van der Waals surface area contributed by atoms with Crippen molar-refractivity contribution in [1.82, 2.24) is 10.7 Å². The third kappa shape index (κ3) is 9.26. The molecule has 0 saturated carbocycles. The molecule has 1 atom stereocenters. The number of carbonyl (C=O) groups excluding carboxylic acids is 2. The van der Waals surface area contributed by atoms with Crippen molar-refractivity contribution in [2.45, 2.75) is 53.2 Å². The number of nitrogens with one attached hydrogen (secondary N) is 2. The predicted octanol–water partition coefficient (Wildman–Crippen LogP) is 4.60. The summed E-state index contributed by atoms with van der Waals surface area (Å²) in [5.74, 6) is 0.819. The summed E-state index contributed by atoms with van der Waals surface area (Å²) in [6, 6.07) is 12.3. The topological polar surface area (TPSA) is 89.0 Å². The molecule has 8 heteroatoms. The maximum atomic E-state index is 12.7. The molecule has 0 aromatic heterocycles. The van der Waals surface area contributed by atoms with Gasteiger partial charge in [-0.25, -0.2) is 5.43 Å². The lowest BCUT2D eigenvalue weighted by atomic mass is 10.0. The molecule has 2 amide bonds. The summed E-state index contributed by atoms with van der Waals surface area (Å²) in [7, 11) is 0. The molecule has 178 valence electrons. The second-order valence-corrected chi connectivity index (χ2v) is 9.25. The fourth-order valence-electron chi connectivity index (χ4n) is 3.00. The molecule has 0 aliphatic carbocycles. The first-order valence-corrected chi connectivity index (χ1v) is 11.7. The summed E-state index contributed by atoms with van der Waals surface area (Å²) < 4.78 is 12.1. The van der Waals surface area contributed by atoms with E-state index in [1.165, 1.54) is 6.21 Å². The van der Waals surface area contributed by atoms with E-state index in [2.05, 4.69) is 31.8 Å². The molecule has 0 heterocycles. The van der Waals surface area contributed by atoms with Crippen LogP contribution in [-0.2, 0) is 9.59 Å². The number of nitrogens with zero attached hydrogens (tertiary/aromatic N) is 1. The number of hydrazone groups is 1. The molecule has 0 saturated heterocycles. The Bertz CT molecular complexity index is 976. The SMILES string of the molecule is Cc1ccccc1OCC(=O)N[C@@H](CC(C)C)C(=O)N/N=C\c1ccc(OC(C)C)c(Br)c1. The second kappa shape index (κ2) is 13.0. The molecule has 0 spiro atoms. The normalized spacial score (nSPS) is 12.1. The predicted molar refractivity (Wildman–Crippen MR) is 134 cm³/mol. The zero-order chi connectivity index (χ0) is 24.4. The second-order valence-electron chi connectivity index (χ2n) is 8.39. The minimum absolute atomic E-state index is 0.0651. The quantitative estimate of drug-likeness (QED) is 0.336. The largest absolute Gasteiger partial charge is 0.490 e. The summed E-state index contributed by atoms with van der Waals surface area (Å²) in [6.45, 7) is 9.62. The van der Waals surface area contributed by atoms with Gasteiger partial charge in [-0.05, 0) is 84.4 Å². The number of rotatable bonds is 11. The van der Waals surface area contributed by atoms with Crippen molar-refractivity contribution in [3.8, 4) is 11.5 Å². The van der Waals surface area contributed by atoms with Crippen molar-refractivity contribution < 1.29 is 19.1 Å². The van der Waals surface area contributed by atoms with E-state index in [0.717, 1.165) is 21.3 Å². The Labute approximate surface area is 204 Å². The number of hydrogen-bond donors (Lipinski definition) is 2. The van der Waals surface area contributed by atoms with Gasteiger partial charge in [-0.15, -0.1) is 0 Å². The van der Waals surface area contributed by atoms with Gasteiger partial charge in [0.1, 0.15) is 17.5 Å². The Morgan fingerprint density at radius 2 is 1.82 bits per heavy atom. The van der Waals surface area contributed by atoms with Crippen LogP contribution < -0.4 is 20.2 Å². The van der Waals surface area contributed by atoms with Crippen LogP contribution >= 0.6 is 15.9 Å². The van der Waals surface area contributed by atoms with Crippen LogP contribution in [0.5, 0.6) is 11.5 Å². The highest BCUT2D eigenvalue weighted by Crippen LogP contribution is 2.26. The van der Waals surface area contributed by atoms with Crippen molar-refractivity contribution in [3.63, 3.8) is 0 Å². The van der Waals surface area contributed by atoms with E-state index in [-0.39, 0.29) is 30.4 Å². The van der Waals surface area contributed by atoms with E-state index in [0.29, 0.717) is 12.2 Å². The van der Waals surface area contributed by atoms with Crippen molar-refractivity contribution in [1.29, 1.82) is 0 Å². The van der Waals surface area contributed by atoms with Gasteiger partial charge in [-0.1, -0.05) is 32.0 Å². The van der Waals surface area contributed by atoms with Crippen molar-refractivity contribution >= 4 is 34.0 Å². The number of aryl methyl sites for hydroxylation is 1. The van der Waals surface area contributed by atoms with Crippen LogP contribution in [-0.4, -0.2) is 36.8 Å². The van der Waals surface area contributed by atoms with Crippen LogP contribution in [0.1, 0.15) is 45.2 Å². The van der Waals surface area contributed by atoms with Crippen molar-refractivity contribution in [2.75, 3.05) is 6.61 Å². The van der Waals surface area contributed by atoms with Crippen molar-refractivity contribution in [3.05, 3.63) is 58.1 Å². The molecular formula is C25H32BrN3O4. The molecule has 2 rings (SSSR count). The zero-order valence-corrected chi connectivity index (χ0v) is 21.3.